The molecule has 7 aliphatic rings. The summed E-state index contributed by atoms with van der Waals surface area (Å²) in [6.45, 7) is 3.89. The maximum Gasteiger partial charge on any atom is 0.375 e. The Morgan fingerprint density at radius 2 is 1.90 bits per heavy atom. The molecule has 14 heteroatoms. The van der Waals surface area contributed by atoms with Crippen molar-refractivity contribution < 1.29 is 58.5 Å². The van der Waals surface area contributed by atoms with Gasteiger partial charge in [-0.1, -0.05) is 18.4 Å². The number of likely N-dealkylation sites (tertiary alicyclic amines) is 1. The average Bonchev–Trinajstić information content (AvgIpc) is 4.11. The van der Waals surface area contributed by atoms with Crippen LogP contribution in [0.1, 0.15) is 111 Å². The van der Waals surface area contributed by atoms with Crippen molar-refractivity contribution in [3.63, 3.8) is 0 Å². The summed E-state index contributed by atoms with van der Waals surface area (Å²) in [4.78, 5) is 48.0. The number of piperidine rings is 1. The highest BCUT2D eigenvalue weighted by Gasteiger charge is 2.61. The third kappa shape index (κ3) is 8.02. The quantitative estimate of drug-likeness (QED) is 0.0871. The van der Waals surface area contributed by atoms with Crippen molar-refractivity contribution in [2.45, 2.75) is 115 Å². The van der Waals surface area contributed by atoms with Crippen LogP contribution >= 0.6 is 0 Å². The standard InChI is InChI=1S/C53H66N2O12/c1-3-64-51(61)50-39(26-58)44-33-17-34(25-57)46(60)37(19-33)36-18-32-9-13-54-42(32)20-31(36)8-7-30(24-56)28-65-48-38-21-43(66-47(38)40(27-59)49(67-50)45(44)48)53(62)29-52(11-4-5-12-52)22-35-23-55(14-6-16-63-2)15-10-41(35)53/h9,13,18,20,26,30,34-35,37,41,43,54,56-57,59,62H,3-8,10-12,14-17,19,21-25,27-29H2,1-2H3/b44-33-/t30-,34+,35-,37+,41+,43-,53+/m0/s1. The Kier molecular flexibility index (Phi) is 12.9. The van der Waals surface area contributed by atoms with Crippen LogP contribution in [0.5, 0.6) is 17.2 Å². The number of fused-ring (bicyclic) bond motifs is 8. The Morgan fingerprint density at radius 3 is 2.64 bits per heavy atom. The van der Waals surface area contributed by atoms with Crippen LogP contribution in [0.3, 0.4) is 0 Å². The van der Waals surface area contributed by atoms with Crippen molar-refractivity contribution in [3.05, 3.63) is 69.1 Å². The second-order valence-electron chi connectivity index (χ2n) is 20.6. The highest BCUT2D eigenvalue weighted by atomic mass is 16.6. The van der Waals surface area contributed by atoms with Gasteiger partial charge in [-0.3, -0.25) is 9.59 Å². The van der Waals surface area contributed by atoms with Crippen LogP contribution in [0.25, 0.3) is 16.5 Å². The van der Waals surface area contributed by atoms with Gasteiger partial charge >= 0.3 is 5.97 Å². The van der Waals surface area contributed by atoms with Gasteiger partial charge in [0.1, 0.15) is 34.7 Å². The van der Waals surface area contributed by atoms with Crippen LogP contribution in [0.4, 0.5) is 0 Å². The first kappa shape index (κ1) is 46.2. The van der Waals surface area contributed by atoms with E-state index >= 15 is 0 Å². The van der Waals surface area contributed by atoms with Gasteiger partial charge in [-0.25, -0.2) is 4.79 Å². The summed E-state index contributed by atoms with van der Waals surface area (Å²) in [6, 6.07) is 6.03. The molecule has 4 fully saturated rings. The fourth-order valence-electron chi connectivity index (χ4n) is 13.7. The Balaban J connectivity index is 1.16. The molecule has 14 nitrogen and oxygen atoms in total. The number of ketones is 1. The molecule has 3 saturated carbocycles. The molecule has 5 N–H and O–H groups in total. The maximum atomic E-state index is 14.6. The zero-order valence-electron chi connectivity index (χ0n) is 38.9. The first-order valence-corrected chi connectivity index (χ1v) is 24.8. The molecule has 1 spiro atoms. The molecule has 360 valence electrons. The summed E-state index contributed by atoms with van der Waals surface area (Å²) in [6.07, 6.45) is 11.0. The fraction of sp³-hybridized carbons (Fsp3) is 0.604. The summed E-state index contributed by atoms with van der Waals surface area (Å²) in [5.41, 5.74) is 3.48. The van der Waals surface area contributed by atoms with Crippen LogP contribution in [-0.4, -0.2) is 120 Å². The van der Waals surface area contributed by atoms with E-state index in [9.17, 15) is 34.8 Å². The second-order valence-corrected chi connectivity index (χ2v) is 20.6. The smallest absolute Gasteiger partial charge is 0.375 e. The molecule has 0 unspecified atom stereocenters. The van der Waals surface area contributed by atoms with Gasteiger partial charge < -0.3 is 54.0 Å². The number of hydrogen-bond donors (Lipinski definition) is 5. The number of nitrogens with one attached hydrogen (secondary N) is 1. The van der Waals surface area contributed by atoms with Gasteiger partial charge in [-0.15, -0.1) is 0 Å². The lowest BCUT2D eigenvalue weighted by molar-refractivity contribution is -0.183. The minimum absolute atomic E-state index is 0.00391. The predicted octanol–water partition coefficient (Wildman–Crippen LogP) is 5.87. The molecule has 2 bridgehead atoms. The number of aromatic nitrogens is 1. The van der Waals surface area contributed by atoms with E-state index in [0.717, 1.165) is 86.6 Å². The van der Waals surface area contributed by atoms with Gasteiger partial charge in [0.05, 0.1) is 43.1 Å². The number of carbonyl (C=O) groups excluding carboxylic acids is 3. The van der Waals surface area contributed by atoms with Crippen molar-refractivity contribution in [2.75, 3.05) is 59.8 Å². The zero-order chi connectivity index (χ0) is 46.6. The Morgan fingerprint density at radius 1 is 1.06 bits per heavy atom. The van der Waals surface area contributed by atoms with E-state index in [2.05, 4.69) is 16.0 Å². The van der Waals surface area contributed by atoms with E-state index < -0.39 is 42.7 Å². The van der Waals surface area contributed by atoms with Crippen LogP contribution < -0.4 is 14.2 Å². The van der Waals surface area contributed by atoms with Gasteiger partial charge in [-0.05, 0) is 130 Å². The number of rotatable bonds is 11. The van der Waals surface area contributed by atoms with E-state index in [4.69, 9.17) is 23.7 Å². The van der Waals surface area contributed by atoms with Crippen LogP contribution in [0.15, 0.2) is 41.3 Å². The molecule has 1 aromatic heterocycles. The number of H-pyrrole nitrogens is 1. The first-order valence-electron chi connectivity index (χ1n) is 24.8. The number of aromatic amines is 1. The highest BCUT2D eigenvalue weighted by molar-refractivity contribution is 6.11. The summed E-state index contributed by atoms with van der Waals surface area (Å²) in [5, 5.41) is 47.8. The van der Waals surface area contributed by atoms with E-state index in [1.165, 1.54) is 0 Å². The molecule has 5 heterocycles. The van der Waals surface area contributed by atoms with E-state index in [-0.39, 0.29) is 90.7 Å². The summed E-state index contributed by atoms with van der Waals surface area (Å²) in [7, 11) is 1.73. The number of methoxy groups -OCH3 is 1. The minimum atomic E-state index is -1.23. The molecule has 3 aromatic rings. The van der Waals surface area contributed by atoms with Gasteiger partial charge in [0, 0.05) is 80.4 Å². The number of carbonyl (C=O) groups is 3. The third-order valence-corrected chi connectivity index (χ3v) is 16.8. The summed E-state index contributed by atoms with van der Waals surface area (Å²) in [5.74, 6) is -2.36. The lowest BCUT2D eigenvalue weighted by atomic mass is 9.54. The molecule has 10 rings (SSSR count). The summed E-state index contributed by atoms with van der Waals surface area (Å²) < 4.78 is 31.5. The fourth-order valence-corrected chi connectivity index (χ4v) is 13.7. The molecular weight excluding hydrogens is 857 g/mol. The molecule has 3 aliphatic carbocycles. The van der Waals surface area contributed by atoms with Crippen molar-refractivity contribution in [2.24, 2.45) is 29.1 Å². The topological polar surface area (TPSA) is 197 Å². The molecule has 67 heavy (non-hydrogen) atoms. The lowest BCUT2D eigenvalue weighted by Crippen LogP contribution is -2.63. The average molecular weight is 923 g/mol. The normalized spacial score (nSPS) is 30.2. The molecular formula is C53H66N2O12. The Bertz CT molecular complexity index is 2480. The van der Waals surface area contributed by atoms with Crippen molar-refractivity contribution in [1.82, 2.24) is 9.88 Å². The number of hydrogen-bond acceptors (Lipinski definition) is 13. The van der Waals surface area contributed by atoms with Gasteiger partial charge in [0.25, 0.3) is 0 Å². The number of aryl methyl sites for hydroxylation is 1. The molecule has 0 radical (unpaired) electrons. The summed E-state index contributed by atoms with van der Waals surface area (Å²) >= 11 is 0. The largest absolute Gasteiger partial charge is 0.492 e. The highest BCUT2D eigenvalue weighted by Crippen LogP contribution is 2.62. The second kappa shape index (κ2) is 18.7. The number of esters is 1. The molecule has 1 saturated heterocycles. The molecule has 2 aromatic carbocycles. The number of benzene rings is 2. The van der Waals surface area contributed by atoms with Crippen molar-refractivity contribution >= 4 is 34.5 Å². The minimum Gasteiger partial charge on any atom is -0.492 e. The van der Waals surface area contributed by atoms with E-state index in [0.29, 0.717) is 65.9 Å². The van der Waals surface area contributed by atoms with Crippen LogP contribution in [0, 0.1) is 29.1 Å². The van der Waals surface area contributed by atoms with Crippen LogP contribution in [0.2, 0.25) is 0 Å². The number of ether oxygens (including phenoxy) is 5. The molecule has 7 atom stereocenters. The number of aliphatic hydroxyl groups excluding tert-OH is 3. The number of allylic oxidation sites excluding steroid dienone is 3. The Hall–Kier alpha value is -4.57. The lowest BCUT2D eigenvalue weighted by Gasteiger charge is -2.57. The van der Waals surface area contributed by atoms with E-state index in [1.807, 2.05) is 18.3 Å². The number of aldehydes is 1. The first-order chi connectivity index (χ1) is 32.6. The SMILES string of the molecule is CCOC(=O)C1=C(C=O)/C2=C3\C[C@H](CO)C(=O)[C@H](C3)c3cc4cc[nH]c4cc3CC[C@@H](CO)COc3c4c(c(CO)c(c32)O1)O[C@H]([C@@]1(O)CC2(CCCC2)C[C@H]2CN(CCCOC)CC[C@H]21)C4. The van der Waals surface area contributed by atoms with Crippen molar-refractivity contribution in [3.8, 4) is 17.2 Å². The Labute approximate surface area is 391 Å². The third-order valence-electron chi connectivity index (χ3n) is 16.8. The monoisotopic (exact) mass is 922 g/mol. The van der Waals surface area contributed by atoms with E-state index in [1.54, 1.807) is 14.0 Å². The number of aliphatic hydroxyl groups is 4. The predicted molar refractivity (Wildman–Crippen MR) is 248 cm³/mol. The number of nitrogens with zero attached hydrogens (tertiary/aromatic N) is 1. The number of Topliss-reactive ketones (excluding diaryl/α,β-unsaturated/α-hetero) is 1. The molecule has 4 aliphatic heterocycles. The van der Waals surface area contributed by atoms with Gasteiger partial charge in [-0.2, -0.15) is 0 Å². The maximum absolute atomic E-state index is 14.6. The van der Waals surface area contributed by atoms with Gasteiger partial charge in [0.2, 0.25) is 5.76 Å². The van der Waals surface area contributed by atoms with Crippen molar-refractivity contribution in [1.29, 1.82) is 0 Å². The zero-order valence-corrected chi connectivity index (χ0v) is 38.9. The van der Waals surface area contributed by atoms with Crippen LogP contribution in [-0.2, 0) is 43.3 Å². The van der Waals surface area contributed by atoms with Gasteiger partial charge in [0.15, 0.2) is 6.29 Å². The molecule has 0 amide bonds.